The second-order valence-electron chi connectivity index (χ2n) is 36.4. The monoisotopic (exact) mass is 2500 g/mol. The third kappa shape index (κ3) is 40.2. The number of para-hydroxylation sites is 1. The second-order valence-corrected chi connectivity index (χ2v) is 37.5. The van der Waals surface area contributed by atoms with Crippen molar-refractivity contribution in [1.29, 1.82) is 0 Å². The number of benzene rings is 9. The average Bonchev–Trinajstić information content (AvgIpc) is 0.788. The molecule has 4 unspecified atom stereocenters. The smallest absolute Gasteiger partial charge is 0.0955 e. The van der Waals surface area contributed by atoms with Crippen molar-refractivity contribution >= 4 is 75.6 Å². The van der Waals surface area contributed by atoms with Gasteiger partial charge in [0.05, 0.1) is 69.5 Å². The molecule has 0 saturated carbocycles. The van der Waals surface area contributed by atoms with Gasteiger partial charge in [0.2, 0.25) is 0 Å². The standard InChI is InChI=1S/2C21H22N.C17H16NSi.C17H14N.C11H14O2.C11H22O2.C9H18O2.C5H10O2.4Ir.H4Si/c2*1-14-11-15(2)13-16(12-14)19-10-9-17-18(21(3,4)5)7-6-8-20(17)22-19;1-11-8-12(2)10-13(9-11)15-7-6-14-16(18-15)4-3-5-17(14)19;1-12-9-13(2)11-15(10-12)17-8-7-14-5-3-4-6-16(14)18-17;1-8(12)11(9(2)13)10-6-4-3-5-7-10;1-8(2)5-10(12)7-11(13)6-9(3)4;1-6(2)8(10)5-9(11)7(3)4;1-4(6)3-5(2)7;;;;;/h2*6-12H,1-5H3;3-9H,1-2,19H3;3-10H,1-2H3;3-8,12-13H,1-2H3;7-10,12-13H,5-6H2,1-4H3;5-8,10-11H,1-4H3;3-4,6-7H,1-2H3;;;;;1H4/q4*-1;;;;;;;;;. The van der Waals surface area contributed by atoms with Gasteiger partial charge in [-0.1, -0.05) is 291 Å². The summed E-state index contributed by atoms with van der Waals surface area (Å²) in [5, 5.41) is 79.4. The van der Waals surface area contributed by atoms with Gasteiger partial charge in [0.25, 0.3) is 0 Å². The van der Waals surface area contributed by atoms with E-state index in [4.69, 9.17) is 30.1 Å². The third-order valence-electron chi connectivity index (χ3n) is 20.0. The number of hydrogen-bond donors (Lipinski definition) is 8. The number of aliphatic hydroxyl groups excluding tert-OH is 8. The minimum Gasteiger partial charge on any atom is -0.513 e. The topological polar surface area (TPSA) is 213 Å². The van der Waals surface area contributed by atoms with E-state index in [0.717, 1.165) is 105 Å². The SMILES string of the molecule is CC(C)C(O)=CC(O)C(C)C.CC(C)CC(O)=CC(O)CC(C)C.CC(O)=C(c1ccccc1)C(C)O.CC(O)=CC(C)O.Cc1[c-]c(-c2ccc3c(C(C)(C)C)cccc3n2)cc(C)c1.Cc1[c-]c(-c2ccc3c(C(C)(C)C)cccc3n2)cc(C)c1.Cc1[c-]c(-c2ccc3c([SiH3])cccc3n2)cc(C)c1.Cc1[c-]c(-c2ccc3ccccc3n2)cc(C)c1.[Ir].[Ir].[Ir].[Ir].[SiH4]. The van der Waals surface area contributed by atoms with Crippen molar-refractivity contribution in [2.24, 2.45) is 23.7 Å². The summed E-state index contributed by atoms with van der Waals surface area (Å²) in [6.07, 6.45) is 3.57. The summed E-state index contributed by atoms with van der Waals surface area (Å²) in [5.74, 6) is 2.06. The van der Waals surface area contributed by atoms with Crippen molar-refractivity contribution in [3.05, 3.63) is 333 Å². The van der Waals surface area contributed by atoms with Gasteiger partial charge in [-0.2, -0.15) is 0 Å². The van der Waals surface area contributed by atoms with E-state index in [1.807, 2.05) is 90.1 Å². The zero-order chi connectivity index (χ0) is 92.9. The van der Waals surface area contributed by atoms with Crippen molar-refractivity contribution in [2.45, 2.75) is 228 Å². The van der Waals surface area contributed by atoms with E-state index in [1.165, 1.54) is 79.2 Å². The summed E-state index contributed by atoms with van der Waals surface area (Å²) < 4.78 is 0. The minimum absolute atomic E-state index is 0. The normalized spacial score (nSPS) is 12.4. The molecule has 0 aliphatic carbocycles. The van der Waals surface area contributed by atoms with Crippen LogP contribution in [0.1, 0.15) is 199 Å². The molecule has 12 nitrogen and oxygen atoms in total. The molecule has 4 heterocycles. The molecule has 4 aromatic heterocycles. The maximum Gasteiger partial charge on any atom is 0.0955 e. The molecule has 0 aliphatic rings. The van der Waals surface area contributed by atoms with Crippen molar-refractivity contribution < 1.29 is 121 Å². The molecule has 9 aromatic carbocycles. The summed E-state index contributed by atoms with van der Waals surface area (Å²) in [5.41, 5.74) is 26.5. The predicted octanol–water partition coefficient (Wildman–Crippen LogP) is 24.6. The van der Waals surface area contributed by atoms with Gasteiger partial charge in [0.1, 0.15) is 0 Å². The molecule has 8 N–H and O–H groups in total. The number of fused-ring (bicyclic) bond motifs is 4. The summed E-state index contributed by atoms with van der Waals surface area (Å²) >= 11 is 0. The van der Waals surface area contributed by atoms with E-state index >= 15 is 0 Å². The molecular weight excluding hydrogens is 2350 g/mol. The molecule has 0 spiro atoms. The van der Waals surface area contributed by atoms with Crippen molar-refractivity contribution in [1.82, 2.24) is 19.9 Å². The van der Waals surface area contributed by atoms with E-state index in [9.17, 15) is 30.6 Å². The van der Waals surface area contributed by atoms with Gasteiger partial charge in [-0.25, -0.2) is 0 Å². The number of allylic oxidation sites excluding steroid dienone is 4. The first-order valence-electron chi connectivity index (χ1n) is 43.6. The Kier molecular flexibility index (Phi) is 52.7. The van der Waals surface area contributed by atoms with Crippen molar-refractivity contribution in [3.8, 4) is 45.0 Å². The van der Waals surface area contributed by atoms with Gasteiger partial charge in [-0.15, -0.1) is 140 Å². The van der Waals surface area contributed by atoms with Gasteiger partial charge in [0.15, 0.2) is 0 Å². The number of aliphatic hydroxyl groups is 8. The summed E-state index contributed by atoms with van der Waals surface area (Å²) in [4.78, 5) is 19.2. The van der Waals surface area contributed by atoms with Crippen LogP contribution >= 0.6 is 0 Å². The number of rotatable bonds is 15. The number of hydrogen-bond acceptors (Lipinski definition) is 12. The first-order valence-corrected chi connectivity index (χ1v) is 44.6. The largest absolute Gasteiger partial charge is 0.513 e. The Morgan fingerprint density at radius 3 is 1.08 bits per heavy atom. The van der Waals surface area contributed by atoms with Crippen LogP contribution in [0.25, 0.3) is 94.2 Å². The molecule has 4 radical (unpaired) electrons. The molecule has 0 bridgehead atoms. The molecule has 130 heavy (non-hydrogen) atoms. The van der Waals surface area contributed by atoms with E-state index in [0.29, 0.717) is 36.0 Å². The Bertz CT molecular complexity index is 5580. The van der Waals surface area contributed by atoms with E-state index < -0.39 is 24.4 Å². The fraction of sp³-hybridized carbons (Fsp3) is 0.339. The Hall–Kier alpha value is -8.35. The fourth-order valence-corrected chi connectivity index (χ4v) is 14.9. The van der Waals surface area contributed by atoms with Gasteiger partial charge >= 0.3 is 0 Å². The number of aromatic nitrogens is 4. The minimum atomic E-state index is -0.646. The van der Waals surface area contributed by atoms with Crippen LogP contribution in [-0.2, 0) is 91.3 Å². The molecule has 13 rings (SSSR count). The van der Waals surface area contributed by atoms with Crippen molar-refractivity contribution in [3.63, 3.8) is 0 Å². The molecule has 4 atom stereocenters. The zero-order valence-electron chi connectivity index (χ0n) is 80.6. The molecular formula is C112H142Ir4N4O8Si2-4. The van der Waals surface area contributed by atoms with E-state index in [1.54, 1.807) is 26.8 Å². The number of aryl methyl sites for hydroxylation is 8. The van der Waals surface area contributed by atoms with Crippen LogP contribution in [0.5, 0.6) is 0 Å². The van der Waals surface area contributed by atoms with Crippen LogP contribution in [0, 0.1) is 103 Å². The van der Waals surface area contributed by atoms with Gasteiger partial charge in [0, 0.05) is 119 Å². The van der Waals surface area contributed by atoms with Gasteiger partial charge in [-0.3, -0.25) is 19.9 Å². The molecule has 0 amide bonds. The molecule has 0 saturated heterocycles. The van der Waals surface area contributed by atoms with Crippen LogP contribution in [0.3, 0.4) is 0 Å². The third-order valence-corrected chi connectivity index (χ3v) is 20.9. The Balaban J connectivity index is 0.000000753. The first kappa shape index (κ1) is 120. The second kappa shape index (κ2) is 57.3. The fourth-order valence-electron chi connectivity index (χ4n) is 14.3. The van der Waals surface area contributed by atoms with Crippen LogP contribution in [-0.4, -0.2) is 106 Å². The molecule has 18 heteroatoms. The molecule has 706 valence electrons. The molecule has 0 fully saturated rings. The summed E-state index contributed by atoms with van der Waals surface area (Å²) in [7, 11) is 1.05. The van der Waals surface area contributed by atoms with Crippen LogP contribution < -0.4 is 5.19 Å². The maximum absolute atomic E-state index is 9.47. The van der Waals surface area contributed by atoms with Gasteiger partial charge < -0.3 is 40.9 Å². The Morgan fingerprint density at radius 2 is 0.754 bits per heavy atom. The maximum atomic E-state index is 9.47. The van der Waals surface area contributed by atoms with E-state index in [-0.39, 0.29) is 131 Å². The predicted molar refractivity (Wildman–Crippen MR) is 544 cm³/mol. The summed E-state index contributed by atoms with van der Waals surface area (Å²) in [6, 6.07) is 84.5. The number of pyridine rings is 4. The van der Waals surface area contributed by atoms with Crippen LogP contribution in [0.2, 0.25) is 0 Å². The van der Waals surface area contributed by atoms with Crippen molar-refractivity contribution in [2.75, 3.05) is 0 Å². The number of nitrogens with zero attached hydrogens (tertiary/aromatic N) is 4. The Labute approximate surface area is 839 Å². The zero-order valence-corrected chi connectivity index (χ0v) is 92.2. The quantitative estimate of drug-likeness (QED) is 0.0274. The Morgan fingerprint density at radius 1 is 0.400 bits per heavy atom. The van der Waals surface area contributed by atoms with Crippen LogP contribution in [0.4, 0.5) is 0 Å². The summed E-state index contributed by atoms with van der Waals surface area (Å²) in [6.45, 7) is 52.3. The van der Waals surface area contributed by atoms with E-state index in [2.05, 4.69) is 293 Å². The molecule has 13 aromatic rings. The van der Waals surface area contributed by atoms with Crippen LogP contribution in [0.15, 0.2) is 248 Å². The molecule has 0 aliphatic heterocycles. The van der Waals surface area contributed by atoms with Gasteiger partial charge in [-0.05, 0) is 166 Å². The average molecular weight is 2500 g/mol. The first-order chi connectivity index (χ1) is 58.6.